The first-order chi connectivity index (χ1) is 17.0. The van der Waals surface area contributed by atoms with Crippen LogP contribution in [0.5, 0.6) is 5.75 Å². The average Bonchev–Trinajstić information content (AvgIpc) is 2.91. The summed E-state index contributed by atoms with van der Waals surface area (Å²) >= 11 is 0. The minimum absolute atomic E-state index is 0.0200. The highest BCUT2D eigenvalue weighted by Crippen LogP contribution is 2.41. The zero-order valence-corrected chi connectivity index (χ0v) is 19.1. The van der Waals surface area contributed by atoms with E-state index in [1.165, 1.54) is 13.2 Å². The molecule has 0 fully saturated rings. The molecule has 0 aliphatic heterocycles. The highest BCUT2D eigenvalue weighted by molar-refractivity contribution is 5.98. The molecule has 0 aliphatic carbocycles. The van der Waals surface area contributed by atoms with Crippen LogP contribution in [0.25, 0.3) is 10.8 Å². The summed E-state index contributed by atoms with van der Waals surface area (Å²) in [5, 5.41) is 18.5. The molecule has 0 radical (unpaired) electrons. The first-order valence-corrected chi connectivity index (χ1v) is 11.0. The van der Waals surface area contributed by atoms with Gasteiger partial charge in [-0.2, -0.15) is 0 Å². The summed E-state index contributed by atoms with van der Waals surface area (Å²) < 4.78 is 5.25. The van der Waals surface area contributed by atoms with Crippen molar-refractivity contribution in [2.75, 3.05) is 12.4 Å². The summed E-state index contributed by atoms with van der Waals surface area (Å²) in [5.41, 5.74) is -0.288. The van der Waals surface area contributed by atoms with Crippen molar-refractivity contribution < 1.29 is 19.4 Å². The number of para-hydroxylation sites is 2. The molecule has 0 bridgehead atoms. The number of nitrogens with one attached hydrogen (secondary N) is 2. The maximum Gasteiger partial charge on any atom is 0.338 e. The molecule has 4 aromatic rings. The molecule has 4 aromatic carbocycles. The number of ether oxygens (including phenoxy) is 1. The lowest BCUT2D eigenvalue weighted by Gasteiger charge is -2.40. The number of rotatable bonds is 7. The van der Waals surface area contributed by atoms with Crippen LogP contribution in [-0.4, -0.2) is 24.1 Å². The molecule has 0 heterocycles. The number of methoxy groups -OCH3 is 1. The topological polar surface area (TPSA) is 87.7 Å². The van der Waals surface area contributed by atoms with Crippen molar-refractivity contribution in [1.82, 2.24) is 5.32 Å². The van der Waals surface area contributed by atoms with Crippen LogP contribution in [0, 0.1) is 12.3 Å². The van der Waals surface area contributed by atoms with Crippen LogP contribution < -0.4 is 10.6 Å². The number of phenolic OH excluding ortho intramolecular Hbond substituents is 1. The van der Waals surface area contributed by atoms with Gasteiger partial charge >= 0.3 is 5.97 Å². The predicted molar refractivity (Wildman–Crippen MR) is 136 cm³/mol. The molecular formula is C29H24N2O4. The van der Waals surface area contributed by atoms with Crippen LogP contribution in [-0.2, 0) is 19.9 Å². The fourth-order valence-corrected chi connectivity index (χ4v) is 4.26. The van der Waals surface area contributed by atoms with E-state index in [-0.39, 0.29) is 5.75 Å². The fraction of sp³-hybridized carbons (Fsp3) is 0.103. The van der Waals surface area contributed by atoms with Gasteiger partial charge in [-0.25, -0.2) is 4.79 Å². The molecule has 0 saturated carbocycles. The first-order valence-electron chi connectivity index (χ1n) is 11.0. The second kappa shape index (κ2) is 10.0. The van der Waals surface area contributed by atoms with Gasteiger partial charge in [0.2, 0.25) is 0 Å². The van der Waals surface area contributed by atoms with Crippen LogP contribution in [0.2, 0.25) is 0 Å². The molecule has 0 saturated heterocycles. The van der Waals surface area contributed by atoms with Gasteiger partial charge in [0.05, 0.1) is 18.8 Å². The maximum absolute atomic E-state index is 13.6. The number of carbonyl (C=O) groups is 2. The molecule has 0 unspecified atom stereocenters. The third kappa shape index (κ3) is 4.53. The van der Waals surface area contributed by atoms with Crippen molar-refractivity contribution in [2.45, 2.75) is 11.6 Å². The van der Waals surface area contributed by atoms with Gasteiger partial charge < -0.3 is 20.5 Å². The minimum Gasteiger partial charge on any atom is -0.506 e. The van der Waals surface area contributed by atoms with E-state index in [4.69, 9.17) is 11.2 Å². The van der Waals surface area contributed by atoms with Gasteiger partial charge in [-0.1, -0.05) is 78.9 Å². The number of esters is 1. The Morgan fingerprint density at radius 2 is 1.57 bits per heavy atom. The number of hydrogen-bond donors (Lipinski definition) is 3. The maximum atomic E-state index is 13.6. The number of anilines is 1. The van der Waals surface area contributed by atoms with Crippen molar-refractivity contribution in [2.24, 2.45) is 0 Å². The van der Waals surface area contributed by atoms with E-state index in [0.717, 1.165) is 10.8 Å². The van der Waals surface area contributed by atoms with Crippen molar-refractivity contribution in [3.05, 3.63) is 108 Å². The summed E-state index contributed by atoms with van der Waals surface area (Å²) in [6.07, 6.45) is 5.41. The third-order valence-electron chi connectivity index (χ3n) is 5.92. The molecule has 6 heteroatoms. The smallest absolute Gasteiger partial charge is 0.338 e. The molecule has 0 aromatic heterocycles. The Morgan fingerprint density at radius 3 is 2.26 bits per heavy atom. The lowest BCUT2D eigenvalue weighted by atomic mass is 9.78. The Hall–Kier alpha value is -4.76. The monoisotopic (exact) mass is 464 g/mol. The Kier molecular flexibility index (Phi) is 6.70. The van der Waals surface area contributed by atoms with Gasteiger partial charge in [0.25, 0.3) is 5.91 Å². The minimum atomic E-state index is -1.77. The molecule has 4 rings (SSSR count). The van der Waals surface area contributed by atoms with Crippen LogP contribution in [0.1, 0.15) is 17.2 Å². The van der Waals surface area contributed by atoms with Gasteiger partial charge in [-0.15, -0.1) is 6.42 Å². The Balaban J connectivity index is 2.03. The normalized spacial score (nSPS) is 13.1. The number of amides is 1. The molecule has 35 heavy (non-hydrogen) atoms. The summed E-state index contributed by atoms with van der Waals surface area (Å²) in [7, 11) is 1.25. The molecule has 3 N–H and O–H groups in total. The fourth-order valence-electron chi connectivity index (χ4n) is 4.26. The summed E-state index contributed by atoms with van der Waals surface area (Å²) in [4.78, 5) is 26.3. The lowest BCUT2D eigenvalue weighted by molar-refractivity contribution is -0.152. The Morgan fingerprint density at radius 1 is 0.914 bits per heavy atom. The van der Waals surface area contributed by atoms with Crippen molar-refractivity contribution in [3.8, 4) is 18.1 Å². The van der Waals surface area contributed by atoms with Gasteiger partial charge in [0.1, 0.15) is 5.75 Å². The van der Waals surface area contributed by atoms with E-state index in [9.17, 15) is 14.7 Å². The molecular weight excluding hydrogens is 440 g/mol. The Bertz CT molecular complexity index is 1410. The second-order valence-corrected chi connectivity index (χ2v) is 7.97. The predicted octanol–water partition coefficient (Wildman–Crippen LogP) is 4.52. The molecule has 2 atom stereocenters. The molecule has 0 aliphatic rings. The van der Waals surface area contributed by atoms with Gasteiger partial charge in [0, 0.05) is 0 Å². The summed E-state index contributed by atoms with van der Waals surface area (Å²) in [6.45, 7) is 0. The first kappa shape index (κ1) is 23.4. The molecule has 1 amide bonds. The highest BCUT2D eigenvalue weighted by Gasteiger charge is 2.51. The zero-order valence-electron chi connectivity index (χ0n) is 19.1. The average molecular weight is 465 g/mol. The number of aromatic hydroxyl groups is 1. The van der Waals surface area contributed by atoms with Crippen LogP contribution in [0.15, 0.2) is 97.1 Å². The molecule has 6 nitrogen and oxygen atoms in total. The lowest BCUT2D eigenvalue weighted by Crippen LogP contribution is -2.58. The van der Waals surface area contributed by atoms with E-state index >= 15 is 0 Å². The van der Waals surface area contributed by atoms with E-state index in [0.29, 0.717) is 16.8 Å². The van der Waals surface area contributed by atoms with Crippen LogP contribution >= 0.6 is 0 Å². The van der Waals surface area contributed by atoms with Crippen LogP contribution in [0.4, 0.5) is 5.69 Å². The number of hydrogen-bond acceptors (Lipinski definition) is 5. The largest absolute Gasteiger partial charge is 0.506 e. The van der Waals surface area contributed by atoms with Crippen LogP contribution in [0.3, 0.4) is 0 Å². The number of fused-ring (bicyclic) bond motifs is 1. The van der Waals surface area contributed by atoms with Crippen molar-refractivity contribution in [3.63, 3.8) is 0 Å². The van der Waals surface area contributed by atoms with Gasteiger partial charge in [0.15, 0.2) is 5.54 Å². The van der Waals surface area contributed by atoms with E-state index in [2.05, 4.69) is 10.6 Å². The third-order valence-corrected chi connectivity index (χ3v) is 5.92. The van der Waals surface area contributed by atoms with Crippen molar-refractivity contribution >= 4 is 28.3 Å². The number of carbonyl (C=O) groups excluding carboxylic acids is 2. The molecule has 174 valence electrons. The second-order valence-electron chi connectivity index (χ2n) is 7.97. The van der Waals surface area contributed by atoms with E-state index in [1.807, 2.05) is 48.4 Å². The zero-order chi connectivity index (χ0) is 24.8. The summed E-state index contributed by atoms with van der Waals surface area (Å²) in [5.74, 6) is 0.509. The van der Waals surface area contributed by atoms with E-state index < -0.39 is 23.5 Å². The van der Waals surface area contributed by atoms with E-state index in [1.54, 1.807) is 48.5 Å². The highest BCUT2D eigenvalue weighted by atomic mass is 16.5. The van der Waals surface area contributed by atoms with Crippen molar-refractivity contribution in [1.29, 1.82) is 0 Å². The number of terminal acetylenes is 1. The van der Waals surface area contributed by atoms with Gasteiger partial charge in [-0.05, 0) is 46.0 Å². The summed E-state index contributed by atoms with van der Waals surface area (Å²) in [6, 6.07) is 28.0. The Labute approximate surface area is 203 Å². The number of phenols is 1. The SMILES string of the molecule is C#CC(=O)N[C@@](C(=O)OC)(c1ccccc1)[C@@H](Nc1ccccc1O)c1ccc2ccccc2c1. The standard InChI is InChI=1S/C29H24N2O4/c1-3-26(33)31-29(28(34)35-2,23-13-5-4-6-14-23)27(30-24-15-9-10-16-25(24)32)22-18-17-20-11-7-8-12-21(20)19-22/h1,4-19,27,30,32H,2H3,(H,31,33)/t27-,29-/m0/s1. The number of benzene rings is 4. The quantitative estimate of drug-likeness (QED) is 0.213. The molecule has 0 spiro atoms. The van der Waals surface area contributed by atoms with Gasteiger partial charge in [-0.3, -0.25) is 4.79 Å².